The zero-order valence-electron chi connectivity index (χ0n) is 12.2. The highest BCUT2D eigenvalue weighted by atomic mass is 16.5. The van der Waals surface area contributed by atoms with Crippen LogP contribution < -0.4 is 10.6 Å². The smallest absolute Gasteiger partial charge is 0.412 e. The third-order valence-corrected chi connectivity index (χ3v) is 3.86. The molecule has 1 aliphatic rings. The lowest BCUT2D eigenvalue weighted by Gasteiger charge is -2.38. The second-order valence-corrected chi connectivity index (χ2v) is 5.20. The summed E-state index contributed by atoms with van der Waals surface area (Å²) in [6, 6.07) is 8.39. The molecule has 0 spiro atoms. The summed E-state index contributed by atoms with van der Waals surface area (Å²) in [6.45, 7) is 0. The van der Waals surface area contributed by atoms with Gasteiger partial charge in [-0.05, 0) is 31.4 Å². The molecule has 1 aromatic carbocycles. The Morgan fingerprint density at radius 1 is 1.33 bits per heavy atom. The van der Waals surface area contributed by atoms with Crippen molar-refractivity contribution in [1.29, 1.82) is 0 Å². The van der Waals surface area contributed by atoms with Crippen molar-refractivity contribution in [3.05, 3.63) is 42.5 Å². The number of anilines is 1. The van der Waals surface area contributed by atoms with Gasteiger partial charge in [0.05, 0.1) is 12.1 Å². The molecular weight excluding hydrogens is 268 g/mol. The van der Waals surface area contributed by atoms with Crippen LogP contribution in [-0.4, -0.2) is 36.5 Å². The van der Waals surface area contributed by atoms with Gasteiger partial charge in [0.1, 0.15) is 0 Å². The average molecular weight is 290 g/mol. The first kappa shape index (κ1) is 15.5. The van der Waals surface area contributed by atoms with Crippen molar-refractivity contribution in [2.75, 3.05) is 12.0 Å². The molecule has 0 aromatic heterocycles. The molecule has 114 valence electrons. The molecule has 1 aromatic rings. The van der Waals surface area contributed by atoms with Gasteiger partial charge in [0.15, 0.2) is 0 Å². The largest absolute Gasteiger partial charge is 0.465 e. The number of nitrogens with two attached hydrogens (primary N) is 1. The third kappa shape index (κ3) is 3.62. The molecule has 0 heterocycles. The Hall–Kier alpha value is -1.85. The number of amides is 1. The second kappa shape index (κ2) is 7.24. The Balaban J connectivity index is 2.39. The summed E-state index contributed by atoms with van der Waals surface area (Å²) in [5.41, 5.74) is 6.89. The standard InChI is InChI=1S/C16H22N2O3/c1-21-14-11-7-3-6-10-13(17)15(14)18(16(19)20)12-8-4-2-5-9-12/h2-5,7-9,13-15H,6,10-11,17H2,1H3,(H,19,20)/b7-3+. The van der Waals surface area contributed by atoms with Crippen LogP contribution in [0.4, 0.5) is 10.5 Å². The zero-order valence-corrected chi connectivity index (χ0v) is 12.2. The van der Waals surface area contributed by atoms with Gasteiger partial charge in [0, 0.05) is 18.8 Å². The summed E-state index contributed by atoms with van der Waals surface area (Å²) < 4.78 is 5.53. The number of benzene rings is 1. The molecule has 0 bridgehead atoms. The topological polar surface area (TPSA) is 75.8 Å². The maximum absolute atomic E-state index is 11.8. The van der Waals surface area contributed by atoms with Crippen molar-refractivity contribution < 1.29 is 14.6 Å². The minimum Gasteiger partial charge on any atom is -0.465 e. The van der Waals surface area contributed by atoms with Gasteiger partial charge in [-0.25, -0.2) is 4.79 Å². The maximum Gasteiger partial charge on any atom is 0.412 e. The average Bonchev–Trinajstić information content (AvgIpc) is 2.47. The molecule has 0 saturated carbocycles. The van der Waals surface area contributed by atoms with E-state index in [0.29, 0.717) is 12.1 Å². The zero-order chi connectivity index (χ0) is 15.2. The second-order valence-electron chi connectivity index (χ2n) is 5.20. The summed E-state index contributed by atoms with van der Waals surface area (Å²) in [7, 11) is 1.60. The lowest BCUT2D eigenvalue weighted by atomic mass is 9.92. The molecule has 1 amide bonds. The van der Waals surface area contributed by atoms with Crippen LogP contribution in [0.3, 0.4) is 0 Å². The number of nitrogens with zero attached hydrogens (tertiary/aromatic N) is 1. The lowest BCUT2D eigenvalue weighted by Crippen LogP contribution is -2.57. The summed E-state index contributed by atoms with van der Waals surface area (Å²) in [6.07, 6.45) is 5.11. The van der Waals surface area contributed by atoms with E-state index in [4.69, 9.17) is 10.5 Å². The monoisotopic (exact) mass is 290 g/mol. The van der Waals surface area contributed by atoms with Crippen LogP contribution in [0.2, 0.25) is 0 Å². The van der Waals surface area contributed by atoms with Gasteiger partial charge in [0.25, 0.3) is 0 Å². The van der Waals surface area contributed by atoms with Crippen molar-refractivity contribution in [3.8, 4) is 0 Å². The Morgan fingerprint density at radius 3 is 2.67 bits per heavy atom. The number of carbonyl (C=O) groups is 1. The molecule has 0 fully saturated rings. The van der Waals surface area contributed by atoms with E-state index in [1.807, 2.05) is 24.3 Å². The highest BCUT2D eigenvalue weighted by Gasteiger charge is 2.36. The first-order valence-electron chi connectivity index (χ1n) is 7.15. The molecule has 0 aliphatic heterocycles. The number of para-hydroxylation sites is 1. The van der Waals surface area contributed by atoms with Crippen molar-refractivity contribution in [2.24, 2.45) is 5.73 Å². The van der Waals surface area contributed by atoms with Crippen molar-refractivity contribution >= 4 is 11.8 Å². The van der Waals surface area contributed by atoms with E-state index >= 15 is 0 Å². The molecule has 5 heteroatoms. The van der Waals surface area contributed by atoms with Crippen LogP contribution in [0.25, 0.3) is 0 Å². The predicted molar refractivity (Wildman–Crippen MR) is 82.5 cm³/mol. The van der Waals surface area contributed by atoms with Crippen LogP contribution in [0, 0.1) is 0 Å². The van der Waals surface area contributed by atoms with E-state index < -0.39 is 12.1 Å². The number of methoxy groups -OCH3 is 1. The molecule has 2 rings (SSSR count). The number of allylic oxidation sites excluding steroid dienone is 1. The molecule has 5 nitrogen and oxygen atoms in total. The quantitative estimate of drug-likeness (QED) is 0.839. The highest BCUT2D eigenvalue weighted by molar-refractivity contribution is 5.87. The van der Waals surface area contributed by atoms with Crippen molar-refractivity contribution in [1.82, 2.24) is 0 Å². The van der Waals surface area contributed by atoms with Gasteiger partial charge in [-0.3, -0.25) is 4.90 Å². The van der Waals surface area contributed by atoms with Gasteiger partial charge >= 0.3 is 6.09 Å². The Labute approximate surface area is 125 Å². The maximum atomic E-state index is 11.8. The lowest BCUT2D eigenvalue weighted by molar-refractivity contribution is 0.0688. The summed E-state index contributed by atoms with van der Waals surface area (Å²) in [5, 5.41) is 9.67. The fraction of sp³-hybridized carbons (Fsp3) is 0.438. The number of rotatable bonds is 3. The van der Waals surface area contributed by atoms with Crippen molar-refractivity contribution in [3.63, 3.8) is 0 Å². The number of carboxylic acid groups (broad SMARTS) is 1. The van der Waals surface area contributed by atoms with Crippen molar-refractivity contribution in [2.45, 2.75) is 37.5 Å². The number of hydrogen-bond donors (Lipinski definition) is 2. The van der Waals surface area contributed by atoms with Gasteiger partial charge in [-0.2, -0.15) is 0 Å². The minimum absolute atomic E-state index is 0.257. The van der Waals surface area contributed by atoms with Gasteiger partial charge in [-0.15, -0.1) is 0 Å². The van der Waals surface area contributed by atoms with E-state index in [9.17, 15) is 9.90 Å². The van der Waals surface area contributed by atoms with E-state index in [0.717, 1.165) is 12.8 Å². The normalized spacial score (nSPS) is 27.4. The summed E-state index contributed by atoms with van der Waals surface area (Å²) in [4.78, 5) is 13.1. The van der Waals surface area contributed by atoms with Crippen LogP contribution in [-0.2, 0) is 4.74 Å². The van der Waals surface area contributed by atoms with Crippen LogP contribution in [0.15, 0.2) is 42.5 Å². The fourth-order valence-corrected chi connectivity index (χ4v) is 2.81. The predicted octanol–water partition coefficient (Wildman–Crippen LogP) is 2.62. The van der Waals surface area contributed by atoms with E-state index in [2.05, 4.69) is 6.08 Å². The Morgan fingerprint density at radius 2 is 2.05 bits per heavy atom. The molecule has 3 atom stereocenters. The first-order chi connectivity index (χ1) is 10.1. The number of ether oxygens (including phenoxy) is 1. The Bertz CT molecular complexity index is 490. The SMILES string of the molecule is COC1C/C=C/CCC(N)C1N(C(=O)O)c1ccccc1. The fourth-order valence-electron chi connectivity index (χ4n) is 2.81. The Kier molecular flexibility index (Phi) is 5.36. The third-order valence-electron chi connectivity index (χ3n) is 3.86. The molecule has 21 heavy (non-hydrogen) atoms. The minimum atomic E-state index is -1.01. The van der Waals surface area contributed by atoms with E-state index in [-0.39, 0.29) is 12.1 Å². The van der Waals surface area contributed by atoms with Gasteiger partial charge in [-0.1, -0.05) is 30.4 Å². The first-order valence-corrected chi connectivity index (χ1v) is 7.15. The summed E-state index contributed by atoms with van der Waals surface area (Å²) in [5.74, 6) is 0. The van der Waals surface area contributed by atoms with Gasteiger partial charge in [0.2, 0.25) is 0 Å². The van der Waals surface area contributed by atoms with E-state index in [1.54, 1.807) is 19.2 Å². The molecule has 0 saturated heterocycles. The van der Waals surface area contributed by atoms with E-state index in [1.165, 1.54) is 4.90 Å². The number of hydrogen-bond acceptors (Lipinski definition) is 3. The molecule has 0 radical (unpaired) electrons. The molecule has 3 unspecified atom stereocenters. The van der Waals surface area contributed by atoms with Crippen LogP contribution in [0.1, 0.15) is 19.3 Å². The van der Waals surface area contributed by atoms with Gasteiger partial charge < -0.3 is 15.6 Å². The highest BCUT2D eigenvalue weighted by Crippen LogP contribution is 2.26. The summed E-state index contributed by atoms with van der Waals surface area (Å²) >= 11 is 0. The van der Waals surface area contributed by atoms with Crippen LogP contribution >= 0.6 is 0 Å². The molecule has 3 N–H and O–H groups in total. The molecule has 1 aliphatic carbocycles. The van der Waals surface area contributed by atoms with Crippen LogP contribution in [0.5, 0.6) is 0 Å². The molecular formula is C16H22N2O3.